The molecule has 0 saturated heterocycles. The quantitative estimate of drug-likeness (QED) is 0.820. The van der Waals surface area contributed by atoms with Gasteiger partial charge in [0.2, 0.25) is 0 Å². The van der Waals surface area contributed by atoms with Gasteiger partial charge in [0.15, 0.2) is 0 Å². The maximum atomic E-state index is 8.87. The van der Waals surface area contributed by atoms with E-state index in [9.17, 15) is 0 Å². The van der Waals surface area contributed by atoms with Crippen LogP contribution in [0.25, 0.3) is 0 Å². The molecule has 3 heteroatoms. The Labute approximate surface area is 103 Å². The van der Waals surface area contributed by atoms with Crippen molar-refractivity contribution in [2.45, 2.75) is 33.2 Å². The van der Waals surface area contributed by atoms with E-state index in [1.54, 1.807) is 0 Å². The number of nitrogens with zero attached hydrogens (tertiary/aromatic N) is 1. The van der Waals surface area contributed by atoms with Gasteiger partial charge in [0.1, 0.15) is 5.75 Å². The van der Waals surface area contributed by atoms with Crippen molar-refractivity contribution in [3.63, 3.8) is 0 Å². The number of aryl methyl sites for hydroxylation is 2. The Bertz CT molecular complexity index is 396. The second-order valence-corrected chi connectivity index (χ2v) is 4.12. The number of benzene rings is 1. The molecule has 17 heavy (non-hydrogen) atoms. The topological polar surface area (TPSA) is 45.0 Å². The van der Waals surface area contributed by atoms with E-state index in [0.717, 1.165) is 12.3 Å². The molecule has 1 atom stereocenters. The molecule has 1 aromatic carbocycles. The molecule has 0 aliphatic heterocycles. The molecule has 0 amide bonds. The zero-order chi connectivity index (χ0) is 12.7. The summed E-state index contributed by atoms with van der Waals surface area (Å²) in [5, 5.41) is 12.0. The van der Waals surface area contributed by atoms with Crippen molar-refractivity contribution >= 4 is 0 Å². The summed E-state index contributed by atoms with van der Waals surface area (Å²) in [6, 6.07) is 8.15. The molecule has 0 saturated carbocycles. The summed E-state index contributed by atoms with van der Waals surface area (Å²) in [5.74, 6) is 0.876. The van der Waals surface area contributed by atoms with Crippen LogP contribution in [0.2, 0.25) is 0 Å². The van der Waals surface area contributed by atoms with Crippen LogP contribution >= 0.6 is 0 Å². The Balaban J connectivity index is 2.40. The number of ether oxygens (including phenoxy) is 1. The fourth-order valence-corrected chi connectivity index (χ4v) is 1.56. The molecule has 0 fully saturated rings. The van der Waals surface area contributed by atoms with Crippen LogP contribution in [-0.2, 0) is 0 Å². The van der Waals surface area contributed by atoms with E-state index in [4.69, 9.17) is 10.00 Å². The van der Waals surface area contributed by atoms with Crippen LogP contribution in [0, 0.1) is 25.2 Å². The predicted molar refractivity (Wildman–Crippen MR) is 69.1 cm³/mol. The van der Waals surface area contributed by atoms with E-state index >= 15 is 0 Å². The lowest BCUT2D eigenvalue weighted by atomic mass is 10.1. The minimum atomic E-state index is -0.119. The highest BCUT2D eigenvalue weighted by molar-refractivity contribution is 5.33. The van der Waals surface area contributed by atoms with Gasteiger partial charge in [0.05, 0.1) is 18.7 Å². The van der Waals surface area contributed by atoms with Crippen molar-refractivity contribution < 1.29 is 4.74 Å². The summed E-state index contributed by atoms with van der Waals surface area (Å²) < 4.78 is 5.63. The highest BCUT2D eigenvalue weighted by atomic mass is 16.5. The normalized spacial score (nSPS) is 11.9. The van der Waals surface area contributed by atoms with Gasteiger partial charge < -0.3 is 10.1 Å². The summed E-state index contributed by atoms with van der Waals surface area (Å²) >= 11 is 0. The standard InChI is InChI=1S/C14H20N2O/c1-4-16-13(10-15)7-8-17-14-6-5-11(2)12(3)9-14/h5-6,9,13,16H,4,7-8H2,1-3H3. The molecule has 0 bridgehead atoms. The third-order valence-electron chi connectivity index (χ3n) is 2.76. The summed E-state index contributed by atoms with van der Waals surface area (Å²) in [7, 11) is 0. The molecular formula is C14H20N2O. The minimum absolute atomic E-state index is 0.119. The predicted octanol–water partition coefficient (Wildman–Crippen LogP) is 2.57. The Morgan fingerprint density at radius 1 is 1.35 bits per heavy atom. The van der Waals surface area contributed by atoms with E-state index in [2.05, 4.69) is 31.3 Å². The highest BCUT2D eigenvalue weighted by Crippen LogP contribution is 2.16. The lowest BCUT2D eigenvalue weighted by Crippen LogP contribution is -2.28. The van der Waals surface area contributed by atoms with E-state index < -0.39 is 0 Å². The van der Waals surface area contributed by atoms with Gasteiger partial charge in [-0.15, -0.1) is 0 Å². The zero-order valence-electron chi connectivity index (χ0n) is 10.8. The fraction of sp³-hybridized carbons (Fsp3) is 0.500. The molecular weight excluding hydrogens is 212 g/mol. The molecule has 92 valence electrons. The smallest absolute Gasteiger partial charge is 0.119 e. The Kier molecular flexibility index (Phi) is 5.51. The van der Waals surface area contributed by atoms with Crippen molar-refractivity contribution in [1.82, 2.24) is 5.32 Å². The number of nitrogens with one attached hydrogen (secondary N) is 1. The first kappa shape index (κ1) is 13.5. The first-order valence-corrected chi connectivity index (χ1v) is 6.00. The van der Waals surface area contributed by atoms with E-state index in [0.29, 0.717) is 13.0 Å². The third-order valence-corrected chi connectivity index (χ3v) is 2.76. The molecule has 0 spiro atoms. The molecule has 0 aliphatic rings. The Morgan fingerprint density at radius 3 is 2.71 bits per heavy atom. The van der Waals surface area contributed by atoms with Crippen LogP contribution < -0.4 is 10.1 Å². The maximum absolute atomic E-state index is 8.87. The average Bonchev–Trinajstić information content (AvgIpc) is 2.32. The summed E-state index contributed by atoms with van der Waals surface area (Å²) in [6.07, 6.45) is 0.706. The van der Waals surface area contributed by atoms with Crippen LogP contribution in [0.15, 0.2) is 18.2 Å². The van der Waals surface area contributed by atoms with Crippen LogP contribution in [0.1, 0.15) is 24.5 Å². The zero-order valence-corrected chi connectivity index (χ0v) is 10.8. The molecule has 0 radical (unpaired) electrons. The van der Waals surface area contributed by atoms with Gasteiger partial charge in [-0.1, -0.05) is 13.0 Å². The lowest BCUT2D eigenvalue weighted by molar-refractivity contribution is 0.298. The summed E-state index contributed by atoms with van der Waals surface area (Å²) in [6.45, 7) is 7.51. The van der Waals surface area contributed by atoms with Crippen LogP contribution in [-0.4, -0.2) is 19.2 Å². The number of hydrogen-bond donors (Lipinski definition) is 1. The lowest BCUT2D eigenvalue weighted by Gasteiger charge is -2.11. The van der Waals surface area contributed by atoms with Crippen LogP contribution in [0.3, 0.4) is 0 Å². The van der Waals surface area contributed by atoms with Crippen LogP contribution in [0.4, 0.5) is 0 Å². The molecule has 3 nitrogen and oxygen atoms in total. The van der Waals surface area contributed by atoms with Gasteiger partial charge in [0.25, 0.3) is 0 Å². The summed E-state index contributed by atoms with van der Waals surface area (Å²) in [4.78, 5) is 0. The Hall–Kier alpha value is -1.53. The van der Waals surface area contributed by atoms with Crippen molar-refractivity contribution in [2.24, 2.45) is 0 Å². The second kappa shape index (κ2) is 6.93. The third kappa shape index (κ3) is 4.46. The maximum Gasteiger partial charge on any atom is 0.119 e. The molecule has 0 aromatic heterocycles. The van der Waals surface area contributed by atoms with Crippen molar-refractivity contribution in [3.8, 4) is 11.8 Å². The number of nitriles is 1. The average molecular weight is 232 g/mol. The van der Waals surface area contributed by atoms with Crippen molar-refractivity contribution in [2.75, 3.05) is 13.2 Å². The van der Waals surface area contributed by atoms with Gasteiger partial charge in [-0.3, -0.25) is 0 Å². The molecule has 0 aliphatic carbocycles. The molecule has 0 heterocycles. The van der Waals surface area contributed by atoms with E-state index in [-0.39, 0.29) is 6.04 Å². The highest BCUT2D eigenvalue weighted by Gasteiger charge is 2.05. The van der Waals surface area contributed by atoms with Crippen LogP contribution in [0.5, 0.6) is 5.75 Å². The first-order valence-electron chi connectivity index (χ1n) is 6.00. The van der Waals surface area contributed by atoms with Crippen molar-refractivity contribution in [3.05, 3.63) is 29.3 Å². The largest absolute Gasteiger partial charge is 0.493 e. The first-order chi connectivity index (χ1) is 8.17. The second-order valence-electron chi connectivity index (χ2n) is 4.12. The van der Waals surface area contributed by atoms with Gasteiger partial charge in [-0.2, -0.15) is 5.26 Å². The monoisotopic (exact) mass is 232 g/mol. The van der Waals surface area contributed by atoms with Crippen molar-refractivity contribution in [1.29, 1.82) is 5.26 Å². The van der Waals surface area contributed by atoms with Gasteiger partial charge in [-0.25, -0.2) is 0 Å². The fourth-order valence-electron chi connectivity index (χ4n) is 1.56. The number of hydrogen-bond acceptors (Lipinski definition) is 3. The minimum Gasteiger partial charge on any atom is -0.493 e. The molecule has 1 rings (SSSR count). The van der Waals surface area contributed by atoms with Gasteiger partial charge in [-0.05, 0) is 43.7 Å². The molecule has 1 unspecified atom stereocenters. The summed E-state index contributed by atoms with van der Waals surface area (Å²) in [5.41, 5.74) is 2.49. The van der Waals surface area contributed by atoms with E-state index in [1.165, 1.54) is 11.1 Å². The van der Waals surface area contributed by atoms with Gasteiger partial charge in [0, 0.05) is 6.42 Å². The van der Waals surface area contributed by atoms with Gasteiger partial charge >= 0.3 is 0 Å². The van der Waals surface area contributed by atoms with E-state index in [1.807, 2.05) is 19.1 Å². The molecule has 1 aromatic rings. The number of rotatable bonds is 6. The molecule has 1 N–H and O–H groups in total. The SMILES string of the molecule is CCNC(C#N)CCOc1ccc(C)c(C)c1. The Morgan fingerprint density at radius 2 is 2.12 bits per heavy atom.